The lowest BCUT2D eigenvalue weighted by Crippen LogP contribution is -2.16. The summed E-state index contributed by atoms with van der Waals surface area (Å²) in [5, 5.41) is 11.0. The largest absolute Gasteiger partial charge is 0.486 e. The van der Waals surface area contributed by atoms with Crippen LogP contribution >= 0.6 is 22.9 Å². The molecule has 3 rings (SSSR count). The number of aryl methyl sites for hydroxylation is 2. The highest BCUT2D eigenvalue weighted by Gasteiger charge is 2.21. The molecule has 0 amide bonds. The van der Waals surface area contributed by atoms with Crippen LogP contribution in [-0.4, -0.2) is 18.3 Å². The van der Waals surface area contributed by atoms with Gasteiger partial charge in [-0.15, -0.1) is 11.3 Å². The molecule has 1 aromatic heterocycles. The van der Waals surface area contributed by atoms with Gasteiger partial charge >= 0.3 is 0 Å². The molecule has 5 heteroatoms. The van der Waals surface area contributed by atoms with Gasteiger partial charge in [0.15, 0.2) is 11.5 Å². The Labute approximate surface area is 126 Å². The summed E-state index contributed by atoms with van der Waals surface area (Å²) in [7, 11) is 0. The van der Waals surface area contributed by atoms with Gasteiger partial charge in [0.05, 0.1) is 5.02 Å². The third-order valence-corrected chi connectivity index (χ3v) is 4.94. The first-order valence-corrected chi connectivity index (χ1v) is 7.59. The first kappa shape index (κ1) is 13.7. The lowest BCUT2D eigenvalue weighted by Gasteiger charge is -2.21. The number of fused-ring (bicyclic) bond motifs is 1. The fraction of sp³-hybridized carbons (Fsp3) is 0.333. The van der Waals surface area contributed by atoms with E-state index in [1.54, 1.807) is 23.5 Å². The summed E-state index contributed by atoms with van der Waals surface area (Å²) in [6.07, 6.45) is -0.740. The molecule has 20 heavy (non-hydrogen) atoms. The molecular formula is C15H15ClO3S. The number of halogens is 1. The van der Waals surface area contributed by atoms with Gasteiger partial charge in [0.2, 0.25) is 0 Å². The van der Waals surface area contributed by atoms with Gasteiger partial charge in [-0.25, -0.2) is 0 Å². The molecule has 0 radical (unpaired) electrons. The maximum absolute atomic E-state index is 10.5. The van der Waals surface area contributed by atoms with Crippen LogP contribution in [0.25, 0.3) is 0 Å². The lowest BCUT2D eigenvalue weighted by atomic mass is 10.1. The Kier molecular flexibility index (Phi) is 3.63. The van der Waals surface area contributed by atoms with Crippen LogP contribution in [0, 0.1) is 13.8 Å². The van der Waals surface area contributed by atoms with Crippen LogP contribution in [0.15, 0.2) is 18.2 Å². The molecule has 1 unspecified atom stereocenters. The minimum atomic E-state index is -0.740. The van der Waals surface area contributed by atoms with Crippen molar-refractivity contribution in [2.75, 3.05) is 13.2 Å². The number of hydrogen-bond donors (Lipinski definition) is 1. The van der Waals surface area contributed by atoms with E-state index in [-0.39, 0.29) is 0 Å². The Balaban J connectivity index is 2.00. The van der Waals surface area contributed by atoms with Crippen molar-refractivity contribution in [3.63, 3.8) is 0 Å². The minimum absolute atomic E-state index is 0.491. The van der Waals surface area contributed by atoms with Crippen LogP contribution in [-0.2, 0) is 0 Å². The van der Waals surface area contributed by atoms with E-state index < -0.39 is 6.10 Å². The van der Waals surface area contributed by atoms with E-state index >= 15 is 0 Å². The summed E-state index contributed by atoms with van der Waals surface area (Å²) in [5.74, 6) is 1.27. The van der Waals surface area contributed by atoms with Crippen molar-refractivity contribution in [1.29, 1.82) is 0 Å². The highest BCUT2D eigenvalue weighted by atomic mass is 35.5. The van der Waals surface area contributed by atoms with Crippen LogP contribution < -0.4 is 9.47 Å². The molecule has 1 aliphatic heterocycles. The predicted molar refractivity (Wildman–Crippen MR) is 80.3 cm³/mol. The van der Waals surface area contributed by atoms with Crippen molar-refractivity contribution in [3.05, 3.63) is 44.1 Å². The molecule has 0 saturated carbocycles. The third-order valence-electron chi connectivity index (χ3n) is 3.41. The van der Waals surface area contributed by atoms with E-state index in [0.29, 0.717) is 35.3 Å². The number of benzene rings is 1. The van der Waals surface area contributed by atoms with Gasteiger partial charge in [0.1, 0.15) is 19.3 Å². The van der Waals surface area contributed by atoms with E-state index in [4.69, 9.17) is 21.1 Å². The Morgan fingerprint density at radius 2 is 1.80 bits per heavy atom. The maximum atomic E-state index is 10.5. The third kappa shape index (κ3) is 2.39. The zero-order valence-corrected chi connectivity index (χ0v) is 12.8. The average Bonchev–Trinajstić information content (AvgIpc) is 2.77. The summed E-state index contributed by atoms with van der Waals surface area (Å²) < 4.78 is 11.0. The van der Waals surface area contributed by atoms with Gasteiger partial charge in [-0.2, -0.15) is 0 Å². The number of aliphatic hydroxyl groups is 1. The maximum Gasteiger partial charge on any atom is 0.162 e. The molecule has 0 saturated heterocycles. The van der Waals surface area contributed by atoms with E-state index in [1.165, 1.54) is 10.4 Å². The summed E-state index contributed by atoms with van der Waals surface area (Å²) in [6.45, 7) is 5.12. The number of thiophene rings is 1. The van der Waals surface area contributed by atoms with Crippen LogP contribution in [0.3, 0.4) is 0 Å². The van der Waals surface area contributed by atoms with Gasteiger partial charge in [0, 0.05) is 21.4 Å². The second-order valence-corrected chi connectivity index (χ2v) is 6.50. The topological polar surface area (TPSA) is 38.7 Å². The Morgan fingerprint density at radius 1 is 1.15 bits per heavy atom. The Bertz CT molecular complexity index is 631. The quantitative estimate of drug-likeness (QED) is 0.915. The fourth-order valence-electron chi connectivity index (χ4n) is 2.18. The average molecular weight is 311 g/mol. The number of rotatable bonds is 2. The summed E-state index contributed by atoms with van der Waals surface area (Å²) in [4.78, 5) is 2.09. The molecule has 1 aromatic carbocycles. The standard InChI is InChI=1S/C15H15ClO3S/c1-8-5-14(20-9(8)2)15(17)10-6-12-13(7-11(10)16)19-4-3-18-12/h5-7,15,17H,3-4H2,1-2H3. The second-order valence-electron chi connectivity index (χ2n) is 4.81. The van der Waals surface area contributed by atoms with Gasteiger partial charge in [-0.1, -0.05) is 11.6 Å². The summed E-state index contributed by atoms with van der Waals surface area (Å²) in [6, 6.07) is 5.48. The predicted octanol–water partition coefficient (Wildman–Crippen LogP) is 3.87. The molecule has 0 bridgehead atoms. The van der Waals surface area contributed by atoms with Crippen LogP contribution in [0.4, 0.5) is 0 Å². The second kappa shape index (κ2) is 5.28. The van der Waals surface area contributed by atoms with Crippen molar-refractivity contribution >= 4 is 22.9 Å². The molecule has 2 aromatic rings. The molecule has 1 N–H and O–H groups in total. The fourth-order valence-corrected chi connectivity index (χ4v) is 3.48. The molecular weight excluding hydrogens is 296 g/mol. The van der Waals surface area contributed by atoms with Crippen molar-refractivity contribution in [2.24, 2.45) is 0 Å². The van der Waals surface area contributed by atoms with Crippen molar-refractivity contribution < 1.29 is 14.6 Å². The number of ether oxygens (including phenoxy) is 2. The summed E-state index contributed by atoms with van der Waals surface area (Å²) >= 11 is 7.84. The van der Waals surface area contributed by atoms with Crippen LogP contribution in [0.2, 0.25) is 5.02 Å². The number of hydrogen-bond acceptors (Lipinski definition) is 4. The summed E-state index contributed by atoms with van der Waals surface area (Å²) in [5.41, 5.74) is 1.83. The number of aliphatic hydroxyl groups excluding tert-OH is 1. The monoisotopic (exact) mass is 310 g/mol. The molecule has 3 nitrogen and oxygen atoms in total. The van der Waals surface area contributed by atoms with Crippen molar-refractivity contribution in [3.8, 4) is 11.5 Å². The highest BCUT2D eigenvalue weighted by molar-refractivity contribution is 7.12. The lowest BCUT2D eigenvalue weighted by molar-refractivity contribution is 0.170. The zero-order valence-electron chi connectivity index (χ0n) is 11.3. The molecule has 1 atom stereocenters. The van der Waals surface area contributed by atoms with Crippen molar-refractivity contribution in [1.82, 2.24) is 0 Å². The van der Waals surface area contributed by atoms with Crippen LogP contribution in [0.5, 0.6) is 11.5 Å². The molecule has 0 aliphatic carbocycles. The van der Waals surface area contributed by atoms with E-state index in [1.807, 2.05) is 19.9 Å². The Hall–Kier alpha value is -1.23. The van der Waals surface area contributed by atoms with E-state index in [2.05, 4.69) is 0 Å². The molecule has 0 spiro atoms. The van der Waals surface area contributed by atoms with E-state index in [9.17, 15) is 5.11 Å². The smallest absolute Gasteiger partial charge is 0.162 e. The van der Waals surface area contributed by atoms with Gasteiger partial charge in [-0.3, -0.25) is 0 Å². The molecule has 106 valence electrons. The molecule has 0 fully saturated rings. The highest BCUT2D eigenvalue weighted by Crippen LogP contribution is 2.40. The zero-order chi connectivity index (χ0) is 14.3. The Morgan fingerprint density at radius 3 is 2.40 bits per heavy atom. The van der Waals surface area contributed by atoms with Crippen molar-refractivity contribution in [2.45, 2.75) is 20.0 Å². The SMILES string of the molecule is Cc1cc(C(O)c2cc3c(cc2Cl)OCCO3)sc1C. The first-order valence-electron chi connectivity index (χ1n) is 6.40. The van der Waals surface area contributed by atoms with Crippen LogP contribution in [0.1, 0.15) is 27.0 Å². The normalized spacial score (nSPS) is 15.2. The van der Waals surface area contributed by atoms with Gasteiger partial charge in [0.25, 0.3) is 0 Å². The van der Waals surface area contributed by atoms with Gasteiger partial charge < -0.3 is 14.6 Å². The first-order chi connectivity index (χ1) is 9.56. The molecule has 2 heterocycles. The van der Waals surface area contributed by atoms with Gasteiger partial charge in [-0.05, 0) is 31.5 Å². The minimum Gasteiger partial charge on any atom is -0.486 e. The van der Waals surface area contributed by atoms with E-state index in [0.717, 1.165) is 4.88 Å². The molecule has 1 aliphatic rings.